The van der Waals surface area contributed by atoms with Gasteiger partial charge in [0.15, 0.2) is 0 Å². The van der Waals surface area contributed by atoms with Gasteiger partial charge in [0.1, 0.15) is 0 Å². The molecule has 0 aromatic heterocycles. The van der Waals surface area contributed by atoms with Crippen LogP contribution in [-0.2, 0) is 28.5 Å². The molecule has 0 atom stereocenters. The Bertz CT molecular complexity index is 275. The third-order valence-corrected chi connectivity index (χ3v) is 2.84. The van der Waals surface area contributed by atoms with Crippen molar-refractivity contribution in [2.75, 3.05) is 46.8 Å². The van der Waals surface area contributed by atoms with Crippen LogP contribution in [0.5, 0.6) is 0 Å². The summed E-state index contributed by atoms with van der Waals surface area (Å²) in [6.45, 7) is 10.2. The Labute approximate surface area is 159 Å². The molecule has 0 saturated carbocycles. The number of carbonyl (C=O) groups is 2. The lowest BCUT2D eigenvalue weighted by Crippen LogP contribution is -2.07. The van der Waals surface area contributed by atoms with Crippen LogP contribution in [0.15, 0.2) is 0 Å². The fourth-order valence-corrected chi connectivity index (χ4v) is 1.38. The summed E-state index contributed by atoms with van der Waals surface area (Å²) < 4.78 is 19.1. The second-order valence-corrected chi connectivity index (χ2v) is 5.40. The summed E-state index contributed by atoms with van der Waals surface area (Å²) in [6.07, 6.45) is 6.91. The van der Waals surface area contributed by atoms with Crippen LogP contribution in [0.25, 0.3) is 0 Å². The van der Waals surface area contributed by atoms with Gasteiger partial charge in [0, 0.05) is 20.5 Å². The summed E-state index contributed by atoms with van der Waals surface area (Å²) in [5.41, 5.74) is 0. The van der Waals surface area contributed by atoms with Crippen LogP contribution >= 0.6 is 0 Å². The van der Waals surface area contributed by atoms with Gasteiger partial charge in [-0.2, -0.15) is 0 Å². The number of esters is 2. The largest absolute Gasteiger partial charge is 0.469 e. The Morgan fingerprint density at radius 3 is 1.69 bits per heavy atom. The van der Waals surface area contributed by atoms with E-state index in [-0.39, 0.29) is 18.5 Å². The summed E-state index contributed by atoms with van der Waals surface area (Å²) in [6, 6.07) is 0. The van der Waals surface area contributed by atoms with Gasteiger partial charge in [-0.1, -0.05) is 39.5 Å². The molecule has 0 unspecified atom stereocenters. The molecular weight excluding hydrogens is 340 g/mol. The van der Waals surface area contributed by atoms with Gasteiger partial charge in [-0.05, 0) is 12.8 Å². The van der Waals surface area contributed by atoms with Gasteiger partial charge in [0.05, 0.1) is 40.1 Å². The molecule has 1 N–H and O–H groups in total. The molecule has 0 saturated heterocycles. The lowest BCUT2D eigenvalue weighted by Gasteiger charge is -2.02. The first-order valence-electron chi connectivity index (χ1n) is 9.40. The quantitative estimate of drug-likeness (QED) is 0.388. The van der Waals surface area contributed by atoms with Crippen LogP contribution in [0, 0.1) is 0 Å². The van der Waals surface area contributed by atoms with E-state index in [0.29, 0.717) is 26.4 Å². The van der Waals surface area contributed by atoms with Crippen LogP contribution in [0.1, 0.15) is 66.2 Å². The molecule has 0 amide bonds. The Balaban J connectivity index is -0.000000327. The Morgan fingerprint density at radius 1 is 0.731 bits per heavy atom. The van der Waals surface area contributed by atoms with E-state index >= 15 is 0 Å². The van der Waals surface area contributed by atoms with Gasteiger partial charge in [-0.15, -0.1) is 0 Å². The molecule has 0 aliphatic heterocycles. The van der Waals surface area contributed by atoms with Gasteiger partial charge in [0.2, 0.25) is 0 Å². The van der Waals surface area contributed by atoms with Crippen molar-refractivity contribution in [2.45, 2.75) is 66.2 Å². The summed E-state index contributed by atoms with van der Waals surface area (Å²) in [4.78, 5) is 19.8. The number of hydrogen-bond donors (Lipinski definition) is 1. The van der Waals surface area contributed by atoms with Crippen molar-refractivity contribution in [2.24, 2.45) is 0 Å². The van der Waals surface area contributed by atoms with Gasteiger partial charge in [-0.25, -0.2) is 0 Å². The number of aliphatic hydroxyl groups excluding tert-OH is 1. The lowest BCUT2D eigenvalue weighted by atomic mass is 10.2. The van der Waals surface area contributed by atoms with Crippen molar-refractivity contribution >= 4 is 11.9 Å². The molecule has 7 heteroatoms. The highest BCUT2D eigenvalue weighted by Crippen LogP contribution is 1.98. The van der Waals surface area contributed by atoms with Crippen LogP contribution < -0.4 is 0 Å². The summed E-state index contributed by atoms with van der Waals surface area (Å²) >= 11 is 0. The standard InChI is InChI=1S/C8H18O3.C8H16O2.C3H6O2/c1-2-3-5-10-7-8-11-6-4-9;1-3-4-5-6-7-10-8(2)9;1-3(4)5-2/h9H,2-8H2,1H3;3-7H2,1-2H3;1-2H3. The van der Waals surface area contributed by atoms with Crippen molar-refractivity contribution in [1.29, 1.82) is 0 Å². The highest BCUT2D eigenvalue weighted by Gasteiger charge is 1.91. The first-order valence-corrected chi connectivity index (χ1v) is 9.40. The second-order valence-electron chi connectivity index (χ2n) is 5.40. The van der Waals surface area contributed by atoms with Gasteiger partial charge in [0.25, 0.3) is 0 Å². The summed E-state index contributed by atoms with van der Waals surface area (Å²) in [7, 11) is 1.35. The normalized spacial score (nSPS) is 9.31. The zero-order valence-electron chi connectivity index (χ0n) is 17.4. The number of ether oxygens (including phenoxy) is 4. The van der Waals surface area contributed by atoms with E-state index in [1.165, 1.54) is 40.2 Å². The average Bonchev–Trinajstić information content (AvgIpc) is 2.61. The van der Waals surface area contributed by atoms with Crippen molar-refractivity contribution in [3.63, 3.8) is 0 Å². The molecule has 0 rings (SSSR count). The third-order valence-electron chi connectivity index (χ3n) is 2.84. The Kier molecular flexibility index (Phi) is 32.6. The molecule has 0 bridgehead atoms. The zero-order chi connectivity index (χ0) is 20.5. The number of rotatable bonds is 13. The van der Waals surface area contributed by atoms with Crippen molar-refractivity contribution in [1.82, 2.24) is 0 Å². The van der Waals surface area contributed by atoms with E-state index in [4.69, 9.17) is 19.3 Å². The maximum atomic E-state index is 10.3. The van der Waals surface area contributed by atoms with Crippen LogP contribution in [0.4, 0.5) is 0 Å². The highest BCUT2D eigenvalue weighted by molar-refractivity contribution is 5.65. The Morgan fingerprint density at radius 2 is 1.27 bits per heavy atom. The Hall–Kier alpha value is -1.18. The fraction of sp³-hybridized carbons (Fsp3) is 0.895. The van der Waals surface area contributed by atoms with E-state index in [1.807, 2.05) is 0 Å². The zero-order valence-corrected chi connectivity index (χ0v) is 17.4. The van der Waals surface area contributed by atoms with Gasteiger partial charge in [-0.3, -0.25) is 9.59 Å². The topological polar surface area (TPSA) is 91.3 Å². The molecule has 0 aliphatic rings. The molecule has 7 nitrogen and oxygen atoms in total. The molecule has 0 aromatic carbocycles. The van der Waals surface area contributed by atoms with E-state index in [1.54, 1.807) is 0 Å². The minimum atomic E-state index is -0.245. The molecule has 158 valence electrons. The molecule has 0 aromatic rings. The first-order chi connectivity index (χ1) is 12.5. The maximum absolute atomic E-state index is 10.3. The predicted octanol–water partition coefficient (Wildman–Crippen LogP) is 3.12. The number of unbranched alkanes of at least 4 members (excludes halogenated alkanes) is 4. The third kappa shape index (κ3) is 43.4. The molecular formula is C19H40O7. The molecule has 0 fully saturated rings. The molecule has 0 aliphatic carbocycles. The van der Waals surface area contributed by atoms with E-state index in [9.17, 15) is 9.59 Å². The number of hydrogen-bond acceptors (Lipinski definition) is 7. The number of carbonyl (C=O) groups excluding carboxylic acids is 2. The summed E-state index contributed by atoms with van der Waals surface area (Å²) in [5, 5.41) is 8.34. The smallest absolute Gasteiger partial charge is 0.302 e. The number of methoxy groups -OCH3 is 1. The molecule has 0 radical (unpaired) electrons. The first kappa shape index (κ1) is 29.6. The average molecular weight is 381 g/mol. The molecule has 0 spiro atoms. The van der Waals surface area contributed by atoms with Crippen molar-refractivity contribution < 1.29 is 33.6 Å². The van der Waals surface area contributed by atoms with Crippen molar-refractivity contribution in [3.8, 4) is 0 Å². The lowest BCUT2D eigenvalue weighted by molar-refractivity contribution is -0.141. The minimum Gasteiger partial charge on any atom is -0.469 e. The SMILES string of the molecule is CCCCCCOC(C)=O.CCCCOCCOCCO.COC(C)=O. The highest BCUT2D eigenvalue weighted by atomic mass is 16.5. The fourth-order valence-electron chi connectivity index (χ4n) is 1.38. The molecule has 26 heavy (non-hydrogen) atoms. The minimum absolute atomic E-state index is 0.0922. The van der Waals surface area contributed by atoms with E-state index < -0.39 is 0 Å². The predicted molar refractivity (Wildman–Crippen MR) is 102 cm³/mol. The summed E-state index contributed by atoms with van der Waals surface area (Å²) in [5.74, 6) is -0.415. The van der Waals surface area contributed by atoms with Gasteiger partial charge >= 0.3 is 11.9 Å². The van der Waals surface area contributed by atoms with Crippen molar-refractivity contribution in [3.05, 3.63) is 0 Å². The van der Waals surface area contributed by atoms with E-state index in [0.717, 1.165) is 25.9 Å². The van der Waals surface area contributed by atoms with Crippen LogP contribution in [-0.4, -0.2) is 63.8 Å². The monoisotopic (exact) mass is 380 g/mol. The second kappa shape index (κ2) is 28.6. The van der Waals surface area contributed by atoms with E-state index in [2.05, 4.69) is 18.6 Å². The number of aliphatic hydroxyl groups is 1. The molecule has 0 heterocycles. The maximum Gasteiger partial charge on any atom is 0.302 e. The van der Waals surface area contributed by atoms with Crippen LogP contribution in [0.3, 0.4) is 0 Å². The van der Waals surface area contributed by atoms with Crippen LogP contribution in [0.2, 0.25) is 0 Å². The van der Waals surface area contributed by atoms with Gasteiger partial charge < -0.3 is 24.1 Å².